The second kappa shape index (κ2) is 7.83. The van der Waals surface area contributed by atoms with Crippen molar-refractivity contribution in [3.05, 3.63) is 78.1 Å². The van der Waals surface area contributed by atoms with Gasteiger partial charge in [-0.05, 0) is 42.3 Å². The molecule has 140 valence electrons. The summed E-state index contributed by atoms with van der Waals surface area (Å²) in [6.07, 6.45) is 6.22. The summed E-state index contributed by atoms with van der Waals surface area (Å²) in [5.74, 6) is 1.10. The number of carbonyl (C=O) groups excluding carboxylic acids is 1. The van der Waals surface area contributed by atoms with Crippen molar-refractivity contribution in [3.8, 4) is 11.5 Å². The molecule has 0 aliphatic heterocycles. The predicted molar refractivity (Wildman–Crippen MR) is 103 cm³/mol. The lowest BCUT2D eigenvalue weighted by molar-refractivity contribution is 0.102. The molecule has 0 spiro atoms. The molecule has 0 fully saturated rings. The average Bonchev–Trinajstić information content (AvgIpc) is 3.36. The molecule has 8 heteroatoms. The number of anilines is 1. The Balaban J connectivity index is 1.41. The highest BCUT2D eigenvalue weighted by molar-refractivity contribution is 6.04. The molecule has 1 aromatic carbocycles. The zero-order valence-corrected chi connectivity index (χ0v) is 15.2. The number of nitrogens with one attached hydrogen (secondary N) is 1. The number of amides is 1. The lowest BCUT2D eigenvalue weighted by Gasteiger charge is -2.04. The van der Waals surface area contributed by atoms with Crippen molar-refractivity contribution in [3.63, 3.8) is 0 Å². The Labute approximate surface area is 161 Å². The average molecular weight is 374 g/mol. The number of rotatable bonds is 6. The first-order valence-electron chi connectivity index (χ1n) is 8.81. The molecule has 1 amide bonds. The van der Waals surface area contributed by atoms with Gasteiger partial charge >= 0.3 is 0 Å². The lowest BCUT2D eigenvalue weighted by Crippen LogP contribution is -2.13. The number of aryl methyl sites for hydroxylation is 3. The minimum absolute atomic E-state index is 0.252. The van der Waals surface area contributed by atoms with E-state index in [2.05, 4.69) is 25.6 Å². The Kier molecular flexibility index (Phi) is 4.92. The molecule has 1 N–H and O–H groups in total. The summed E-state index contributed by atoms with van der Waals surface area (Å²) in [5, 5.41) is 15.0. The first-order valence-corrected chi connectivity index (χ1v) is 8.81. The fourth-order valence-electron chi connectivity index (χ4n) is 2.74. The quantitative estimate of drug-likeness (QED) is 0.557. The zero-order valence-electron chi connectivity index (χ0n) is 15.2. The van der Waals surface area contributed by atoms with E-state index in [0.29, 0.717) is 35.3 Å². The van der Waals surface area contributed by atoms with Crippen LogP contribution in [-0.2, 0) is 13.0 Å². The van der Waals surface area contributed by atoms with Crippen LogP contribution in [-0.4, -0.2) is 30.9 Å². The third-order valence-corrected chi connectivity index (χ3v) is 4.16. The maximum Gasteiger partial charge on any atom is 0.256 e. The van der Waals surface area contributed by atoms with Gasteiger partial charge in [0.25, 0.3) is 5.91 Å². The summed E-state index contributed by atoms with van der Waals surface area (Å²) in [4.78, 5) is 16.6. The van der Waals surface area contributed by atoms with Crippen molar-refractivity contribution in [1.29, 1.82) is 0 Å². The van der Waals surface area contributed by atoms with Gasteiger partial charge in [-0.1, -0.05) is 6.07 Å². The number of carbonyl (C=O) groups is 1. The number of pyridine rings is 1. The fraction of sp³-hybridized carbons (Fsp3) is 0.150. The van der Waals surface area contributed by atoms with Crippen LogP contribution in [0.2, 0.25) is 0 Å². The lowest BCUT2D eigenvalue weighted by atomic mass is 10.1. The maximum absolute atomic E-state index is 12.6. The Morgan fingerprint density at radius 2 is 2.00 bits per heavy atom. The molecule has 0 aliphatic rings. The smallest absolute Gasteiger partial charge is 0.256 e. The normalized spacial score (nSPS) is 10.8. The van der Waals surface area contributed by atoms with Crippen LogP contribution in [0.4, 0.5) is 5.82 Å². The molecule has 0 bridgehead atoms. The predicted octanol–water partition coefficient (Wildman–Crippen LogP) is 3.13. The second-order valence-electron chi connectivity index (χ2n) is 6.23. The minimum atomic E-state index is -0.252. The first-order chi connectivity index (χ1) is 13.7. The Morgan fingerprint density at radius 3 is 2.79 bits per heavy atom. The van der Waals surface area contributed by atoms with E-state index in [0.717, 1.165) is 6.42 Å². The molecule has 0 aliphatic carbocycles. The summed E-state index contributed by atoms with van der Waals surface area (Å²) in [7, 11) is 0. The summed E-state index contributed by atoms with van der Waals surface area (Å²) in [6.45, 7) is 2.43. The van der Waals surface area contributed by atoms with Crippen molar-refractivity contribution in [2.24, 2.45) is 0 Å². The number of benzene rings is 1. The van der Waals surface area contributed by atoms with Crippen molar-refractivity contribution in [2.75, 3.05) is 5.32 Å². The van der Waals surface area contributed by atoms with Crippen LogP contribution in [0, 0.1) is 6.92 Å². The Morgan fingerprint density at radius 1 is 1.14 bits per heavy atom. The standard InChI is InChI=1S/C20H18N6O2/c1-14-23-24-20(28-14)17-4-2-3-16(13-17)19(27)22-18-8-12-26(25-18)11-7-15-5-9-21-10-6-15/h2-6,8-10,12-13H,7,11H2,1H3,(H,22,25,27). The van der Waals surface area contributed by atoms with Crippen LogP contribution in [0.25, 0.3) is 11.5 Å². The van der Waals surface area contributed by atoms with E-state index in [1.165, 1.54) is 5.56 Å². The van der Waals surface area contributed by atoms with Crippen molar-refractivity contribution >= 4 is 11.7 Å². The molecule has 4 aromatic rings. The fourth-order valence-corrected chi connectivity index (χ4v) is 2.74. The molecule has 3 heterocycles. The number of aromatic nitrogens is 5. The maximum atomic E-state index is 12.6. The van der Waals surface area contributed by atoms with Crippen LogP contribution in [0.1, 0.15) is 21.8 Å². The van der Waals surface area contributed by atoms with E-state index in [1.54, 1.807) is 48.3 Å². The van der Waals surface area contributed by atoms with Crippen LogP contribution in [0.15, 0.2) is 65.5 Å². The van der Waals surface area contributed by atoms with Gasteiger partial charge in [0.05, 0.1) is 0 Å². The van der Waals surface area contributed by atoms with E-state index in [4.69, 9.17) is 4.42 Å². The van der Waals surface area contributed by atoms with Gasteiger partial charge in [0.1, 0.15) is 0 Å². The molecular weight excluding hydrogens is 356 g/mol. The highest BCUT2D eigenvalue weighted by atomic mass is 16.4. The summed E-state index contributed by atoms with van der Waals surface area (Å²) >= 11 is 0. The van der Waals surface area contributed by atoms with E-state index < -0.39 is 0 Å². The minimum Gasteiger partial charge on any atom is -0.421 e. The van der Waals surface area contributed by atoms with Gasteiger partial charge in [-0.3, -0.25) is 14.5 Å². The molecule has 4 rings (SSSR count). The van der Waals surface area contributed by atoms with Crippen molar-refractivity contribution < 1.29 is 9.21 Å². The zero-order chi connectivity index (χ0) is 19.3. The topological polar surface area (TPSA) is 98.7 Å². The van der Waals surface area contributed by atoms with Gasteiger partial charge in [-0.15, -0.1) is 10.2 Å². The highest BCUT2D eigenvalue weighted by Gasteiger charge is 2.12. The van der Waals surface area contributed by atoms with Crippen LogP contribution in [0.5, 0.6) is 0 Å². The largest absolute Gasteiger partial charge is 0.421 e. The molecule has 3 aromatic heterocycles. The number of nitrogens with zero attached hydrogens (tertiary/aromatic N) is 5. The molecule has 0 radical (unpaired) electrons. The van der Waals surface area contributed by atoms with E-state index in [1.807, 2.05) is 24.4 Å². The molecule has 0 saturated carbocycles. The van der Waals surface area contributed by atoms with Crippen molar-refractivity contribution in [2.45, 2.75) is 19.9 Å². The van der Waals surface area contributed by atoms with Gasteiger partial charge in [-0.2, -0.15) is 5.10 Å². The van der Waals surface area contributed by atoms with E-state index in [9.17, 15) is 4.79 Å². The van der Waals surface area contributed by atoms with E-state index >= 15 is 0 Å². The van der Waals surface area contributed by atoms with Crippen LogP contribution >= 0.6 is 0 Å². The first kappa shape index (κ1) is 17.6. The molecule has 0 atom stereocenters. The molecule has 28 heavy (non-hydrogen) atoms. The van der Waals surface area contributed by atoms with Gasteiger partial charge in [0.15, 0.2) is 5.82 Å². The third kappa shape index (κ3) is 4.12. The summed E-state index contributed by atoms with van der Waals surface area (Å²) in [5.41, 5.74) is 2.36. The summed E-state index contributed by atoms with van der Waals surface area (Å²) < 4.78 is 7.22. The monoisotopic (exact) mass is 374 g/mol. The molecule has 8 nitrogen and oxygen atoms in total. The van der Waals surface area contributed by atoms with Gasteiger partial charge in [0, 0.05) is 49.3 Å². The van der Waals surface area contributed by atoms with Gasteiger partial charge < -0.3 is 9.73 Å². The Hall–Kier alpha value is -3.81. The molecule has 0 unspecified atom stereocenters. The van der Waals surface area contributed by atoms with E-state index in [-0.39, 0.29) is 5.91 Å². The third-order valence-electron chi connectivity index (χ3n) is 4.16. The SMILES string of the molecule is Cc1nnc(-c2cccc(C(=O)Nc3ccn(CCc4ccncc4)n3)c2)o1. The number of hydrogen-bond acceptors (Lipinski definition) is 6. The Bertz CT molecular complexity index is 1090. The molecular formula is C20H18N6O2. The summed E-state index contributed by atoms with van der Waals surface area (Å²) in [6, 6.07) is 12.8. The van der Waals surface area contributed by atoms with Gasteiger partial charge in [-0.25, -0.2) is 0 Å². The number of hydrogen-bond donors (Lipinski definition) is 1. The van der Waals surface area contributed by atoms with Gasteiger partial charge in [0.2, 0.25) is 11.8 Å². The van der Waals surface area contributed by atoms with Crippen LogP contribution < -0.4 is 5.32 Å². The molecule has 0 saturated heterocycles. The second-order valence-corrected chi connectivity index (χ2v) is 6.23. The van der Waals surface area contributed by atoms with Crippen molar-refractivity contribution in [1.82, 2.24) is 25.0 Å². The highest BCUT2D eigenvalue weighted by Crippen LogP contribution is 2.19. The van der Waals surface area contributed by atoms with Crippen LogP contribution in [0.3, 0.4) is 0 Å².